The van der Waals surface area contributed by atoms with Gasteiger partial charge in [0.15, 0.2) is 0 Å². The number of halogens is 1. The quantitative estimate of drug-likeness (QED) is 0.899. The van der Waals surface area contributed by atoms with Gasteiger partial charge in [-0.15, -0.1) is 0 Å². The molecule has 1 saturated heterocycles. The van der Waals surface area contributed by atoms with Gasteiger partial charge in [-0.2, -0.15) is 5.26 Å². The Bertz CT molecular complexity index is 604. The third-order valence-corrected chi connectivity index (χ3v) is 4.31. The van der Waals surface area contributed by atoms with Gasteiger partial charge in [0.05, 0.1) is 16.6 Å². The van der Waals surface area contributed by atoms with Crippen LogP contribution in [0.25, 0.3) is 0 Å². The SMILES string of the molecule is N#Cc1cc(S(=O)(=O)NCC2CCCO2)ccc1F. The summed E-state index contributed by atoms with van der Waals surface area (Å²) in [7, 11) is -3.74. The first kappa shape index (κ1) is 13.9. The minimum Gasteiger partial charge on any atom is -0.377 e. The van der Waals surface area contributed by atoms with Crippen molar-refractivity contribution in [3.05, 3.63) is 29.6 Å². The van der Waals surface area contributed by atoms with Crippen molar-refractivity contribution in [3.8, 4) is 6.07 Å². The van der Waals surface area contributed by atoms with Crippen LogP contribution in [0.2, 0.25) is 0 Å². The van der Waals surface area contributed by atoms with E-state index in [9.17, 15) is 12.8 Å². The summed E-state index contributed by atoms with van der Waals surface area (Å²) < 4.78 is 44.8. The van der Waals surface area contributed by atoms with E-state index >= 15 is 0 Å². The van der Waals surface area contributed by atoms with Gasteiger partial charge in [0.1, 0.15) is 11.9 Å². The van der Waals surface area contributed by atoms with Crippen molar-refractivity contribution in [2.24, 2.45) is 0 Å². The van der Waals surface area contributed by atoms with Gasteiger partial charge in [-0.25, -0.2) is 17.5 Å². The van der Waals surface area contributed by atoms with E-state index in [4.69, 9.17) is 10.00 Å². The molecule has 1 aromatic carbocycles. The van der Waals surface area contributed by atoms with Crippen molar-refractivity contribution in [2.75, 3.05) is 13.2 Å². The molecule has 5 nitrogen and oxygen atoms in total. The lowest BCUT2D eigenvalue weighted by Gasteiger charge is -2.11. The predicted molar refractivity (Wildman–Crippen MR) is 65.3 cm³/mol. The van der Waals surface area contributed by atoms with Crippen LogP contribution < -0.4 is 4.72 Å². The molecule has 1 fully saturated rings. The van der Waals surface area contributed by atoms with E-state index in [0.29, 0.717) is 6.61 Å². The number of hydrogen-bond donors (Lipinski definition) is 1. The number of rotatable bonds is 4. The molecule has 1 unspecified atom stereocenters. The van der Waals surface area contributed by atoms with E-state index in [1.165, 1.54) is 0 Å². The molecule has 7 heteroatoms. The van der Waals surface area contributed by atoms with Crippen LogP contribution >= 0.6 is 0 Å². The number of benzene rings is 1. The number of nitrogens with zero attached hydrogens (tertiary/aromatic N) is 1. The molecule has 0 aliphatic carbocycles. The van der Waals surface area contributed by atoms with Crippen LogP contribution in [0.15, 0.2) is 23.1 Å². The molecular weight excluding hydrogens is 271 g/mol. The number of hydrogen-bond acceptors (Lipinski definition) is 4. The standard InChI is InChI=1S/C12H13FN2O3S/c13-12-4-3-11(6-9(12)7-14)19(16,17)15-8-10-2-1-5-18-10/h3-4,6,10,15H,1-2,5,8H2. The summed E-state index contributed by atoms with van der Waals surface area (Å²) >= 11 is 0. The molecule has 2 rings (SSSR count). The number of nitriles is 1. The number of sulfonamides is 1. The van der Waals surface area contributed by atoms with Crippen LogP contribution in [0.3, 0.4) is 0 Å². The summed E-state index contributed by atoms with van der Waals surface area (Å²) in [5.74, 6) is -0.736. The fourth-order valence-electron chi connectivity index (χ4n) is 1.85. The Morgan fingerprint density at radius 1 is 1.53 bits per heavy atom. The molecule has 1 aromatic rings. The van der Waals surface area contributed by atoms with E-state index in [2.05, 4.69) is 4.72 Å². The molecule has 0 bridgehead atoms. The molecule has 0 saturated carbocycles. The summed E-state index contributed by atoms with van der Waals surface area (Å²) in [6.07, 6.45) is 1.61. The lowest BCUT2D eigenvalue weighted by molar-refractivity contribution is 0.114. The molecule has 0 radical (unpaired) electrons. The highest BCUT2D eigenvalue weighted by Crippen LogP contribution is 2.16. The van der Waals surface area contributed by atoms with Crippen molar-refractivity contribution < 1.29 is 17.5 Å². The second-order valence-electron chi connectivity index (χ2n) is 4.24. The third-order valence-electron chi connectivity index (χ3n) is 2.89. The van der Waals surface area contributed by atoms with Crippen molar-refractivity contribution >= 4 is 10.0 Å². The minimum absolute atomic E-state index is 0.120. The summed E-state index contributed by atoms with van der Waals surface area (Å²) in [4.78, 5) is -0.122. The Kier molecular flexibility index (Phi) is 4.14. The average Bonchev–Trinajstić information content (AvgIpc) is 2.90. The third kappa shape index (κ3) is 3.29. The second-order valence-corrected chi connectivity index (χ2v) is 6.01. The zero-order valence-electron chi connectivity index (χ0n) is 10.1. The molecule has 0 aromatic heterocycles. The molecule has 102 valence electrons. The molecule has 1 heterocycles. The Hall–Kier alpha value is -1.49. The maximum atomic E-state index is 13.1. The van der Waals surface area contributed by atoms with Crippen LogP contribution in [0.5, 0.6) is 0 Å². The van der Waals surface area contributed by atoms with Gasteiger partial charge in [-0.05, 0) is 31.0 Å². The van der Waals surface area contributed by atoms with Gasteiger partial charge < -0.3 is 4.74 Å². The smallest absolute Gasteiger partial charge is 0.240 e. The molecular formula is C12H13FN2O3S. The number of nitrogens with one attached hydrogen (secondary N) is 1. The van der Waals surface area contributed by atoms with Gasteiger partial charge in [0.2, 0.25) is 10.0 Å². The molecule has 1 aliphatic heterocycles. The van der Waals surface area contributed by atoms with Crippen molar-refractivity contribution in [2.45, 2.75) is 23.8 Å². The van der Waals surface area contributed by atoms with Crippen LogP contribution in [0.1, 0.15) is 18.4 Å². The fourth-order valence-corrected chi connectivity index (χ4v) is 2.94. The summed E-state index contributed by atoms with van der Waals surface area (Å²) in [5.41, 5.74) is -0.292. The highest BCUT2D eigenvalue weighted by atomic mass is 32.2. The van der Waals surface area contributed by atoms with Crippen molar-refractivity contribution in [1.29, 1.82) is 5.26 Å². The first-order chi connectivity index (χ1) is 9.03. The highest BCUT2D eigenvalue weighted by molar-refractivity contribution is 7.89. The monoisotopic (exact) mass is 284 g/mol. The van der Waals surface area contributed by atoms with Crippen molar-refractivity contribution in [1.82, 2.24) is 4.72 Å². The summed E-state index contributed by atoms with van der Waals surface area (Å²) in [6, 6.07) is 4.74. The van der Waals surface area contributed by atoms with Crippen molar-refractivity contribution in [3.63, 3.8) is 0 Å². The molecule has 0 amide bonds. The van der Waals surface area contributed by atoms with E-state index in [-0.39, 0.29) is 23.1 Å². The van der Waals surface area contributed by atoms with E-state index in [0.717, 1.165) is 31.0 Å². The van der Waals surface area contributed by atoms with Crippen LogP contribution in [0, 0.1) is 17.1 Å². The fraction of sp³-hybridized carbons (Fsp3) is 0.417. The normalized spacial score (nSPS) is 19.3. The first-order valence-electron chi connectivity index (χ1n) is 5.84. The molecule has 0 spiro atoms. The maximum Gasteiger partial charge on any atom is 0.240 e. The van der Waals surface area contributed by atoms with E-state index < -0.39 is 15.8 Å². The first-order valence-corrected chi connectivity index (χ1v) is 7.32. The molecule has 1 N–H and O–H groups in total. The molecule has 1 aliphatic rings. The summed E-state index contributed by atoms with van der Waals surface area (Å²) in [6.45, 7) is 0.823. The average molecular weight is 284 g/mol. The second kappa shape index (κ2) is 5.65. The Labute approximate surface area is 111 Å². The van der Waals surface area contributed by atoms with Gasteiger partial charge in [0, 0.05) is 13.2 Å². The van der Waals surface area contributed by atoms with Gasteiger partial charge in [0.25, 0.3) is 0 Å². The van der Waals surface area contributed by atoms with E-state index in [1.807, 2.05) is 0 Å². The Morgan fingerprint density at radius 3 is 2.95 bits per heavy atom. The highest BCUT2D eigenvalue weighted by Gasteiger charge is 2.21. The van der Waals surface area contributed by atoms with Gasteiger partial charge >= 0.3 is 0 Å². The zero-order chi connectivity index (χ0) is 13.9. The van der Waals surface area contributed by atoms with Crippen LogP contribution in [-0.4, -0.2) is 27.7 Å². The minimum atomic E-state index is -3.74. The zero-order valence-corrected chi connectivity index (χ0v) is 10.9. The van der Waals surface area contributed by atoms with Crippen LogP contribution in [-0.2, 0) is 14.8 Å². The predicted octanol–water partition coefficient (Wildman–Crippen LogP) is 1.15. The van der Waals surface area contributed by atoms with Gasteiger partial charge in [-0.1, -0.05) is 0 Å². The molecule has 19 heavy (non-hydrogen) atoms. The van der Waals surface area contributed by atoms with E-state index in [1.54, 1.807) is 6.07 Å². The Morgan fingerprint density at radius 2 is 2.32 bits per heavy atom. The van der Waals surface area contributed by atoms with Crippen LogP contribution in [0.4, 0.5) is 4.39 Å². The lowest BCUT2D eigenvalue weighted by atomic mass is 10.2. The maximum absolute atomic E-state index is 13.1. The largest absolute Gasteiger partial charge is 0.377 e. The lowest BCUT2D eigenvalue weighted by Crippen LogP contribution is -2.31. The summed E-state index contributed by atoms with van der Waals surface area (Å²) in [5, 5.41) is 8.69. The Balaban J connectivity index is 2.12. The molecule has 1 atom stereocenters. The number of ether oxygens (including phenoxy) is 1. The van der Waals surface area contributed by atoms with Gasteiger partial charge in [-0.3, -0.25) is 0 Å². The topological polar surface area (TPSA) is 79.2 Å².